The van der Waals surface area contributed by atoms with Crippen LogP contribution >= 0.6 is 11.6 Å². The van der Waals surface area contributed by atoms with Crippen LogP contribution in [0.2, 0.25) is 5.02 Å². The zero-order valence-electron chi connectivity index (χ0n) is 8.40. The van der Waals surface area contributed by atoms with Gasteiger partial charge in [-0.2, -0.15) is 0 Å². The number of nitrogens with two attached hydrogens (primary N) is 1. The fraction of sp³-hybridized carbons (Fsp3) is 0.100. The molecule has 0 aliphatic carbocycles. The maximum atomic E-state index is 9.86. The predicted octanol–water partition coefficient (Wildman–Crippen LogP) is 2.29. The lowest BCUT2D eigenvalue weighted by molar-refractivity contribution is 0.374. The first-order valence-corrected chi connectivity index (χ1v) is 4.78. The number of ether oxygens (including phenoxy) is 1. The number of nitrogen functional groups attached to an aromatic ring is 1. The molecule has 0 amide bonds. The molecule has 5 nitrogen and oxygen atoms in total. The van der Waals surface area contributed by atoms with Gasteiger partial charge in [-0.1, -0.05) is 11.6 Å². The van der Waals surface area contributed by atoms with Crippen molar-refractivity contribution in [1.29, 1.82) is 0 Å². The SMILES string of the molecule is COc1cc(Cl)cc(-c2cnc(N)o2)c1O. The minimum absolute atomic E-state index is 0.0216. The molecule has 6 heteroatoms. The van der Waals surface area contributed by atoms with Crippen LogP contribution in [0.15, 0.2) is 22.7 Å². The molecule has 1 heterocycles. The average molecular weight is 241 g/mol. The maximum Gasteiger partial charge on any atom is 0.292 e. The van der Waals surface area contributed by atoms with Gasteiger partial charge in [-0.25, -0.2) is 4.98 Å². The summed E-state index contributed by atoms with van der Waals surface area (Å²) in [6.45, 7) is 0. The Hall–Kier alpha value is -1.88. The second-order valence-electron chi connectivity index (χ2n) is 3.07. The molecule has 16 heavy (non-hydrogen) atoms. The number of oxazole rings is 1. The maximum absolute atomic E-state index is 9.86. The van der Waals surface area contributed by atoms with Crippen molar-refractivity contribution in [2.24, 2.45) is 0 Å². The molecule has 2 aromatic rings. The van der Waals surface area contributed by atoms with E-state index in [0.717, 1.165) is 0 Å². The fourth-order valence-electron chi connectivity index (χ4n) is 1.33. The number of phenols is 1. The fourth-order valence-corrected chi connectivity index (χ4v) is 1.54. The summed E-state index contributed by atoms with van der Waals surface area (Å²) in [6.07, 6.45) is 1.40. The number of benzene rings is 1. The van der Waals surface area contributed by atoms with E-state index in [1.54, 1.807) is 6.07 Å². The van der Waals surface area contributed by atoms with Crippen LogP contribution in [0, 0.1) is 0 Å². The van der Waals surface area contributed by atoms with Crippen molar-refractivity contribution in [1.82, 2.24) is 4.98 Å². The summed E-state index contributed by atoms with van der Waals surface area (Å²) in [4.78, 5) is 3.74. The van der Waals surface area contributed by atoms with Gasteiger partial charge >= 0.3 is 0 Å². The number of rotatable bonds is 2. The third kappa shape index (κ3) is 1.77. The van der Waals surface area contributed by atoms with E-state index >= 15 is 0 Å². The molecule has 1 aromatic carbocycles. The molecular weight excluding hydrogens is 232 g/mol. The van der Waals surface area contributed by atoms with Crippen LogP contribution in [0.5, 0.6) is 11.5 Å². The Kier molecular flexibility index (Phi) is 2.62. The molecule has 1 aromatic heterocycles. The molecule has 0 atom stereocenters. The van der Waals surface area contributed by atoms with E-state index in [0.29, 0.717) is 16.3 Å². The van der Waals surface area contributed by atoms with E-state index in [1.807, 2.05) is 0 Å². The van der Waals surface area contributed by atoms with Crippen molar-refractivity contribution >= 4 is 17.6 Å². The van der Waals surface area contributed by atoms with Crippen LogP contribution in [-0.2, 0) is 0 Å². The van der Waals surface area contributed by atoms with E-state index < -0.39 is 0 Å². The van der Waals surface area contributed by atoms with Gasteiger partial charge in [0.1, 0.15) is 0 Å². The molecule has 0 unspecified atom stereocenters. The van der Waals surface area contributed by atoms with Crippen LogP contribution in [-0.4, -0.2) is 17.2 Å². The van der Waals surface area contributed by atoms with Gasteiger partial charge in [0.25, 0.3) is 6.01 Å². The molecule has 0 spiro atoms. The first-order valence-electron chi connectivity index (χ1n) is 4.40. The molecular formula is C10H9ClN2O3. The van der Waals surface area contributed by atoms with Gasteiger partial charge in [0.2, 0.25) is 0 Å². The van der Waals surface area contributed by atoms with Crippen molar-refractivity contribution in [2.75, 3.05) is 12.8 Å². The highest BCUT2D eigenvalue weighted by Gasteiger charge is 2.15. The van der Waals surface area contributed by atoms with Gasteiger partial charge in [0.15, 0.2) is 17.3 Å². The normalized spacial score (nSPS) is 10.4. The summed E-state index contributed by atoms with van der Waals surface area (Å²) in [5.74, 6) is 0.524. The molecule has 0 aliphatic rings. The number of hydrogen-bond acceptors (Lipinski definition) is 5. The summed E-state index contributed by atoms with van der Waals surface area (Å²) in [5.41, 5.74) is 5.73. The number of aromatic hydroxyl groups is 1. The smallest absolute Gasteiger partial charge is 0.292 e. The summed E-state index contributed by atoms with van der Waals surface area (Å²) >= 11 is 5.87. The van der Waals surface area contributed by atoms with Crippen molar-refractivity contribution in [2.45, 2.75) is 0 Å². The zero-order valence-corrected chi connectivity index (χ0v) is 9.15. The topological polar surface area (TPSA) is 81.5 Å². The lowest BCUT2D eigenvalue weighted by atomic mass is 10.1. The minimum atomic E-state index is -0.0666. The highest BCUT2D eigenvalue weighted by atomic mass is 35.5. The molecule has 0 saturated carbocycles. The highest BCUT2D eigenvalue weighted by molar-refractivity contribution is 6.31. The van der Waals surface area contributed by atoms with Crippen LogP contribution in [0.1, 0.15) is 0 Å². The number of nitrogens with zero attached hydrogens (tertiary/aromatic N) is 1. The summed E-state index contributed by atoms with van der Waals surface area (Å²) < 4.78 is 10.1. The zero-order chi connectivity index (χ0) is 11.7. The Morgan fingerprint density at radius 3 is 2.81 bits per heavy atom. The lowest BCUT2D eigenvalue weighted by Gasteiger charge is -2.07. The van der Waals surface area contributed by atoms with Crippen molar-refractivity contribution in [3.05, 3.63) is 23.4 Å². The van der Waals surface area contributed by atoms with Crippen molar-refractivity contribution in [3.63, 3.8) is 0 Å². The Morgan fingerprint density at radius 2 is 2.25 bits per heavy atom. The monoisotopic (exact) mass is 240 g/mol. The molecule has 84 valence electrons. The minimum Gasteiger partial charge on any atom is -0.504 e. The predicted molar refractivity (Wildman–Crippen MR) is 59.6 cm³/mol. The standard InChI is InChI=1S/C10H9ClN2O3/c1-15-7-3-5(11)2-6(9(7)14)8-4-13-10(12)16-8/h2-4,14H,1H3,(H2,12,13). The van der Waals surface area contributed by atoms with Crippen LogP contribution in [0.3, 0.4) is 0 Å². The number of aromatic nitrogens is 1. The first kappa shape index (κ1) is 10.6. The van der Waals surface area contributed by atoms with E-state index in [-0.39, 0.29) is 17.5 Å². The summed E-state index contributed by atoms with van der Waals surface area (Å²) in [5, 5.41) is 10.3. The molecule has 0 saturated heterocycles. The van der Waals surface area contributed by atoms with E-state index in [9.17, 15) is 5.11 Å². The molecule has 3 N–H and O–H groups in total. The Bertz CT molecular complexity index is 525. The molecule has 0 radical (unpaired) electrons. The summed E-state index contributed by atoms with van der Waals surface area (Å²) in [7, 11) is 1.43. The van der Waals surface area contributed by atoms with Gasteiger partial charge in [-0.3, -0.25) is 0 Å². The third-order valence-electron chi connectivity index (χ3n) is 2.05. The van der Waals surface area contributed by atoms with Crippen LogP contribution in [0.25, 0.3) is 11.3 Å². The number of methoxy groups -OCH3 is 1. The van der Waals surface area contributed by atoms with Crippen molar-refractivity contribution < 1.29 is 14.3 Å². The van der Waals surface area contributed by atoms with Gasteiger partial charge in [-0.05, 0) is 6.07 Å². The molecule has 0 fully saturated rings. The van der Waals surface area contributed by atoms with Gasteiger partial charge in [0, 0.05) is 11.1 Å². The number of phenolic OH excluding ortho intramolecular Hbond substituents is 1. The number of halogens is 1. The number of anilines is 1. The van der Waals surface area contributed by atoms with Gasteiger partial charge in [0.05, 0.1) is 18.9 Å². The Morgan fingerprint density at radius 1 is 1.50 bits per heavy atom. The third-order valence-corrected chi connectivity index (χ3v) is 2.27. The van der Waals surface area contributed by atoms with Crippen LogP contribution in [0.4, 0.5) is 6.01 Å². The second kappa shape index (κ2) is 3.94. The lowest BCUT2D eigenvalue weighted by Crippen LogP contribution is -1.86. The molecule has 0 aliphatic heterocycles. The van der Waals surface area contributed by atoms with Gasteiger partial charge < -0.3 is 20.0 Å². The first-order chi connectivity index (χ1) is 7.61. The Balaban J connectivity index is 2.60. The van der Waals surface area contributed by atoms with E-state index in [1.165, 1.54) is 19.4 Å². The number of hydrogen-bond donors (Lipinski definition) is 2. The quantitative estimate of drug-likeness (QED) is 0.842. The molecule has 2 rings (SSSR count). The van der Waals surface area contributed by atoms with Crippen LogP contribution < -0.4 is 10.5 Å². The second-order valence-corrected chi connectivity index (χ2v) is 3.50. The molecule has 0 bridgehead atoms. The van der Waals surface area contributed by atoms with E-state index in [2.05, 4.69) is 4.98 Å². The highest BCUT2D eigenvalue weighted by Crippen LogP contribution is 2.39. The summed E-state index contributed by atoms with van der Waals surface area (Å²) in [6, 6.07) is 3.06. The largest absolute Gasteiger partial charge is 0.504 e. The Labute approximate surface area is 96.4 Å². The van der Waals surface area contributed by atoms with Gasteiger partial charge in [-0.15, -0.1) is 0 Å². The van der Waals surface area contributed by atoms with E-state index in [4.69, 9.17) is 26.5 Å². The van der Waals surface area contributed by atoms with Crippen molar-refractivity contribution in [3.8, 4) is 22.8 Å². The average Bonchev–Trinajstić information content (AvgIpc) is 2.67.